The second-order valence-corrected chi connectivity index (χ2v) is 9.54. The van der Waals surface area contributed by atoms with Gasteiger partial charge in [-0.05, 0) is 73.6 Å². The molecule has 0 aliphatic carbocycles. The summed E-state index contributed by atoms with van der Waals surface area (Å²) in [7, 11) is 1.76. The van der Waals surface area contributed by atoms with Crippen molar-refractivity contribution in [2.24, 2.45) is 0 Å². The molecule has 1 rings (SSSR count). The Balaban J connectivity index is 2.47. The van der Waals surface area contributed by atoms with Gasteiger partial charge in [0.25, 0.3) is 0 Å². The highest BCUT2D eigenvalue weighted by Crippen LogP contribution is 2.30. The van der Waals surface area contributed by atoms with Gasteiger partial charge in [0, 0.05) is 7.11 Å². The van der Waals surface area contributed by atoms with Crippen molar-refractivity contribution >= 4 is 6.09 Å². The molecule has 176 valence electrons. The van der Waals surface area contributed by atoms with Crippen molar-refractivity contribution in [3.8, 4) is 0 Å². The van der Waals surface area contributed by atoms with E-state index in [0.717, 1.165) is 32.1 Å². The molecule has 1 aliphatic heterocycles. The topological polar surface area (TPSA) is 48.0 Å². The highest BCUT2D eigenvalue weighted by atomic mass is 16.6. The molecule has 0 aromatic heterocycles. The Morgan fingerprint density at radius 2 is 1.97 bits per heavy atom. The average molecular weight is 434 g/mol. The van der Waals surface area contributed by atoms with E-state index in [4.69, 9.17) is 14.2 Å². The third kappa shape index (κ3) is 10.3. The van der Waals surface area contributed by atoms with Crippen LogP contribution in [0.3, 0.4) is 0 Å². The molecule has 5 heteroatoms. The number of ether oxygens (including phenoxy) is 3. The zero-order chi connectivity index (χ0) is 23.5. The minimum Gasteiger partial charge on any atom is -0.444 e. The van der Waals surface area contributed by atoms with Gasteiger partial charge in [0.1, 0.15) is 11.3 Å². The van der Waals surface area contributed by atoms with Crippen LogP contribution in [0.15, 0.2) is 48.6 Å². The summed E-state index contributed by atoms with van der Waals surface area (Å²) < 4.78 is 16.8. The molecule has 1 fully saturated rings. The SMILES string of the molecule is C=CC[C@@H](CC/C(C)=C/C=C/CC/C=C\[C@@H]1COC(C)(C)N1C(=O)OC(C)(C)C)OC. The summed E-state index contributed by atoms with van der Waals surface area (Å²) >= 11 is 0. The maximum absolute atomic E-state index is 12.6. The number of nitrogens with zero attached hydrogens (tertiary/aromatic N) is 1. The van der Waals surface area contributed by atoms with Crippen molar-refractivity contribution in [2.45, 2.75) is 97.1 Å². The highest BCUT2D eigenvalue weighted by Gasteiger charge is 2.44. The number of methoxy groups -OCH3 is 1. The Labute approximate surface area is 189 Å². The number of hydrogen-bond acceptors (Lipinski definition) is 4. The van der Waals surface area contributed by atoms with E-state index in [1.54, 1.807) is 12.0 Å². The Hall–Kier alpha value is -1.85. The summed E-state index contributed by atoms with van der Waals surface area (Å²) in [4.78, 5) is 14.3. The first-order chi connectivity index (χ1) is 14.5. The fraction of sp³-hybridized carbons (Fsp3) is 0.654. The molecule has 0 aromatic rings. The molecule has 0 unspecified atom stereocenters. The van der Waals surface area contributed by atoms with Crippen LogP contribution in [0.2, 0.25) is 0 Å². The van der Waals surface area contributed by atoms with Crippen molar-refractivity contribution in [2.75, 3.05) is 13.7 Å². The quantitative estimate of drug-likeness (QED) is 0.210. The van der Waals surface area contributed by atoms with Crippen molar-refractivity contribution in [3.63, 3.8) is 0 Å². The van der Waals surface area contributed by atoms with Gasteiger partial charge < -0.3 is 14.2 Å². The zero-order valence-corrected chi connectivity index (χ0v) is 20.6. The first kappa shape index (κ1) is 27.2. The van der Waals surface area contributed by atoms with Gasteiger partial charge >= 0.3 is 6.09 Å². The monoisotopic (exact) mass is 433 g/mol. The Kier molecular flexibility index (Phi) is 11.3. The van der Waals surface area contributed by atoms with E-state index >= 15 is 0 Å². The lowest BCUT2D eigenvalue weighted by Gasteiger charge is -2.34. The van der Waals surface area contributed by atoms with E-state index in [9.17, 15) is 4.79 Å². The lowest BCUT2D eigenvalue weighted by atomic mass is 10.1. The second-order valence-electron chi connectivity index (χ2n) is 9.54. The van der Waals surface area contributed by atoms with Gasteiger partial charge in [-0.25, -0.2) is 4.79 Å². The molecule has 5 nitrogen and oxygen atoms in total. The Bertz CT molecular complexity index is 655. The highest BCUT2D eigenvalue weighted by molar-refractivity contribution is 5.70. The first-order valence-electron chi connectivity index (χ1n) is 11.3. The normalized spacial score (nSPS) is 20.5. The van der Waals surface area contributed by atoms with Crippen LogP contribution in [-0.4, -0.2) is 48.2 Å². The largest absolute Gasteiger partial charge is 0.444 e. The molecule has 31 heavy (non-hydrogen) atoms. The number of allylic oxidation sites excluding steroid dienone is 5. The molecule has 0 radical (unpaired) electrons. The minimum atomic E-state index is -0.674. The maximum atomic E-state index is 12.6. The van der Waals surface area contributed by atoms with Gasteiger partial charge in [-0.15, -0.1) is 6.58 Å². The zero-order valence-electron chi connectivity index (χ0n) is 20.6. The lowest BCUT2D eigenvalue weighted by molar-refractivity contribution is -0.0610. The third-order valence-electron chi connectivity index (χ3n) is 5.11. The summed E-state index contributed by atoms with van der Waals surface area (Å²) in [5, 5.41) is 0. The molecule has 0 spiro atoms. The number of hydrogen-bond donors (Lipinski definition) is 0. The van der Waals surface area contributed by atoms with Gasteiger partial charge in [0.2, 0.25) is 0 Å². The molecule has 0 bridgehead atoms. The Morgan fingerprint density at radius 1 is 1.29 bits per heavy atom. The lowest BCUT2D eigenvalue weighted by Crippen LogP contribution is -2.49. The first-order valence-corrected chi connectivity index (χ1v) is 11.3. The molecule has 0 aromatic carbocycles. The number of amides is 1. The van der Waals surface area contributed by atoms with Crippen LogP contribution in [0, 0.1) is 0 Å². The van der Waals surface area contributed by atoms with Crippen LogP contribution in [-0.2, 0) is 14.2 Å². The summed E-state index contributed by atoms with van der Waals surface area (Å²) in [6.45, 7) is 15.8. The van der Waals surface area contributed by atoms with E-state index in [1.165, 1.54) is 5.57 Å². The van der Waals surface area contributed by atoms with Crippen LogP contribution in [0.5, 0.6) is 0 Å². The van der Waals surface area contributed by atoms with Crippen molar-refractivity contribution in [3.05, 3.63) is 48.6 Å². The molecule has 2 atom stereocenters. The molecule has 0 N–H and O–H groups in total. The van der Waals surface area contributed by atoms with Gasteiger partial charge in [-0.2, -0.15) is 0 Å². The molecule has 1 saturated heterocycles. The number of unbranched alkanes of at least 4 members (excludes halogenated alkanes) is 1. The predicted molar refractivity (Wildman–Crippen MR) is 128 cm³/mol. The summed E-state index contributed by atoms with van der Waals surface area (Å²) in [5.41, 5.74) is 0.139. The maximum Gasteiger partial charge on any atom is 0.413 e. The average Bonchev–Trinajstić information content (AvgIpc) is 2.97. The van der Waals surface area contributed by atoms with E-state index in [2.05, 4.69) is 43.9 Å². The predicted octanol–water partition coefficient (Wildman–Crippen LogP) is 6.57. The molecule has 1 amide bonds. The van der Waals surface area contributed by atoms with E-state index in [-0.39, 0.29) is 18.2 Å². The van der Waals surface area contributed by atoms with Crippen LogP contribution >= 0.6 is 0 Å². The number of rotatable bonds is 11. The number of carbonyl (C=O) groups excluding carboxylic acids is 1. The molecular formula is C26H43NO4. The van der Waals surface area contributed by atoms with E-state index < -0.39 is 11.3 Å². The smallest absolute Gasteiger partial charge is 0.413 e. The van der Waals surface area contributed by atoms with Crippen molar-refractivity contribution in [1.82, 2.24) is 4.90 Å². The van der Waals surface area contributed by atoms with Crippen LogP contribution in [0.25, 0.3) is 0 Å². The molecular weight excluding hydrogens is 390 g/mol. The van der Waals surface area contributed by atoms with Gasteiger partial charge in [0.15, 0.2) is 0 Å². The molecule has 1 aliphatic rings. The Morgan fingerprint density at radius 3 is 2.58 bits per heavy atom. The van der Waals surface area contributed by atoms with Gasteiger partial charge in [-0.3, -0.25) is 4.90 Å². The van der Waals surface area contributed by atoms with E-state index in [0.29, 0.717) is 6.61 Å². The summed E-state index contributed by atoms with van der Waals surface area (Å²) in [6, 6.07) is -0.111. The second kappa shape index (κ2) is 12.9. The third-order valence-corrected chi connectivity index (χ3v) is 5.11. The van der Waals surface area contributed by atoms with Crippen molar-refractivity contribution in [1.29, 1.82) is 0 Å². The van der Waals surface area contributed by atoms with Gasteiger partial charge in [-0.1, -0.05) is 42.0 Å². The van der Waals surface area contributed by atoms with E-state index in [1.807, 2.05) is 40.7 Å². The van der Waals surface area contributed by atoms with Crippen LogP contribution in [0.1, 0.15) is 73.6 Å². The molecule has 1 heterocycles. The fourth-order valence-corrected chi connectivity index (χ4v) is 3.40. The van der Waals surface area contributed by atoms with Crippen LogP contribution in [0.4, 0.5) is 4.79 Å². The van der Waals surface area contributed by atoms with Crippen LogP contribution < -0.4 is 0 Å². The standard InChI is InChI=1S/C26H43NO4/c1-9-15-23(29-8)19-18-21(2)16-13-11-10-12-14-17-22-20-30-26(6,7)27(22)24(28)31-25(3,4)5/h9,11,13-14,16-17,22-23H,1,10,12,15,18-20H2,2-8H3/b13-11+,17-14-,21-16+/t22-,23+/m1/s1. The number of carbonyl (C=O) groups is 1. The van der Waals surface area contributed by atoms with Crippen molar-refractivity contribution < 1.29 is 19.0 Å². The summed E-state index contributed by atoms with van der Waals surface area (Å²) in [5.74, 6) is 0. The van der Waals surface area contributed by atoms with Gasteiger partial charge in [0.05, 0.1) is 18.8 Å². The molecule has 0 saturated carbocycles. The summed E-state index contributed by atoms with van der Waals surface area (Å²) in [6.07, 6.45) is 17.2. The fourth-order valence-electron chi connectivity index (χ4n) is 3.40. The minimum absolute atomic E-state index is 0.111.